The standard InChI is InChI=1S/C16H21NO/c1-10-7-6-8-11(2)15(10)16(17-5)14-9-12(3)18-13(14)4/h6-9,16-17H,1-5H3. The molecule has 1 aromatic carbocycles. The Morgan fingerprint density at radius 2 is 1.67 bits per heavy atom. The highest BCUT2D eigenvalue weighted by atomic mass is 16.3. The van der Waals surface area contributed by atoms with Crippen LogP contribution in [0, 0.1) is 27.7 Å². The summed E-state index contributed by atoms with van der Waals surface area (Å²) in [6.07, 6.45) is 0. The topological polar surface area (TPSA) is 25.2 Å². The van der Waals surface area contributed by atoms with E-state index in [0.29, 0.717) is 0 Å². The summed E-state index contributed by atoms with van der Waals surface area (Å²) < 4.78 is 5.66. The molecule has 0 saturated heterocycles. The first-order valence-corrected chi connectivity index (χ1v) is 6.35. The quantitative estimate of drug-likeness (QED) is 0.886. The molecule has 0 spiro atoms. The molecule has 0 fully saturated rings. The summed E-state index contributed by atoms with van der Waals surface area (Å²) in [6, 6.07) is 8.75. The maximum absolute atomic E-state index is 5.66. The zero-order valence-electron chi connectivity index (χ0n) is 11.8. The zero-order chi connectivity index (χ0) is 13.3. The molecule has 0 aliphatic carbocycles. The van der Waals surface area contributed by atoms with Crippen LogP contribution in [-0.4, -0.2) is 7.05 Å². The molecule has 2 nitrogen and oxygen atoms in total. The van der Waals surface area contributed by atoms with E-state index in [9.17, 15) is 0 Å². The van der Waals surface area contributed by atoms with Crippen molar-refractivity contribution < 1.29 is 4.42 Å². The third-order valence-electron chi connectivity index (χ3n) is 3.51. The minimum absolute atomic E-state index is 0.198. The molecule has 1 aromatic heterocycles. The Balaban J connectivity index is 2.55. The molecule has 1 atom stereocenters. The third kappa shape index (κ3) is 2.21. The molecular weight excluding hydrogens is 222 g/mol. The summed E-state index contributed by atoms with van der Waals surface area (Å²) in [5, 5.41) is 3.41. The van der Waals surface area contributed by atoms with Gasteiger partial charge in [-0.3, -0.25) is 0 Å². The monoisotopic (exact) mass is 243 g/mol. The van der Waals surface area contributed by atoms with Crippen LogP contribution in [0.25, 0.3) is 0 Å². The summed E-state index contributed by atoms with van der Waals surface area (Å²) in [5.74, 6) is 1.96. The molecule has 0 bridgehead atoms. The van der Waals surface area contributed by atoms with Crippen LogP contribution >= 0.6 is 0 Å². The molecule has 18 heavy (non-hydrogen) atoms. The van der Waals surface area contributed by atoms with Gasteiger partial charge in [-0.05, 0) is 57.5 Å². The smallest absolute Gasteiger partial charge is 0.106 e. The first-order chi connectivity index (χ1) is 8.54. The van der Waals surface area contributed by atoms with Crippen LogP contribution in [0.2, 0.25) is 0 Å². The molecule has 0 aliphatic heterocycles. The van der Waals surface area contributed by atoms with Gasteiger partial charge in [-0.2, -0.15) is 0 Å². The van der Waals surface area contributed by atoms with E-state index in [0.717, 1.165) is 11.5 Å². The highest BCUT2D eigenvalue weighted by Crippen LogP contribution is 2.31. The number of rotatable bonds is 3. The van der Waals surface area contributed by atoms with E-state index in [4.69, 9.17) is 4.42 Å². The maximum Gasteiger partial charge on any atom is 0.106 e. The largest absolute Gasteiger partial charge is 0.466 e. The molecule has 0 aliphatic rings. The Morgan fingerprint density at radius 1 is 1.06 bits per heavy atom. The van der Waals surface area contributed by atoms with Gasteiger partial charge in [0.05, 0.1) is 6.04 Å². The summed E-state index contributed by atoms with van der Waals surface area (Å²) in [6.45, 7) is 8.35. The highest BCUT2D eigenvalue weighted by Gasteiger charge is 2.20. The Bertz CT molecular complexity index is 534. The van der Waals surface area contributed by atoms with Gasteiger partial charge in [0.1, 0.15) is 11.5 Å². The second-order valence-electron chi connectivity index (χ2n) is 4.90. The molecule has 1 N–H and O–H groups in total. The van der Waals surface area contributed by atoms with Crippen LogP contribution in [0.15, 0.2) is 28.7 Å². The van der Waals surface area contributed by atoms with Crippen LogP contribution in [0.1, 0.15) is 39.8 Å². The van der Waals surface area contributed by atoms with Crippen LogP contribution in [0.3, 0.4) is 0 Å². The number of benzene rings is 1. The normalized spacial score (nSPS) is 12.7. The molecule has 1 unspecified atom stereocenters. The molecule has 1 heterocycles. The average molecular weight is 243 g/mol. The fraction of sp³-hybridized carbons (Fsp3) is 0.375. The maximum atomic E-state index is 5.66. The van der Waals surface area contributed by atoms with E-state index >= 15 is 0 Å². The molecule has 2 rings (SSSR count). The SMILES string of the molecule is CNC(c1cc(C)oc1C)c1c(C)cccc1C. The van der Waals surface area contributed by atoms with Crippen molar-refractivity contribution in [2.24, 2.45) is 0 Å². The van der Waals surface area contributed by atoms with Gasteiger partial charge >= 0.3 is 0 Å². The number of hydrogen-bond acceptors (Lipinski definition) is 2. The van der Waals surface area contributed by atoms with Gasteiger partial charge < -0.3 is 9.73 Å². The van der Waals surface area contributed by atoms with Gasteiger partial charge in [0.2, 0.25) is 0 Å². The van der Waals surface area contributed by atoms with E-state index < -0.39 is 0 Å². The first-order valence-electron chi connectivity index (χ1n) is 6.35. The summed E-state index contributed by atoms with van der Waals surface area (Å²) in [5.41, 5.74) is 5.21. The van der Waals surface area contributed by atoms with Crippen molar-refractivity contribution in [1.82, 2.24) is 5.32 Å². The lowest BCUT2D eigenvalue weighted by Crippen LogP contribution is -2.20. The number of aryl methyl sites for hydroxylation is 4. The highest BCUT2D eigenvalue weighted by molar-refractivity contribution is 5.43. The number of nitrogens with one attached hydrogen (secondary N) is 1. The van der Waals surface area contributed by atoms with Crippen molar-refractivity contribution in [2.45, 2.75) is 33.7 Å². The van der Waals surface area contributed by atoms with Crippen LogP contribution < -0.4 is 5.32 Å². The lowest BCUT2D eigenvalue weighted by atomic mass is 9.91. The molecule has 0 radical (unpaired) electrons. The Kier molecular flexibility index (Phi) is 3.58. The summed E-state index contributed by atoms with van der Waals surface area (Å²) >= 11 is 0. The minimum Gasteiger partial charge on any atom is -0.466 e. The predicted molar refractivity (Wildman–Crippen MR) is 75.0 cm³/mol. The molecule has 96 valence electrons. The van der Waals surface area contributed by atoms with E-state index in [2.05, 4.69) is 43.4 Å². The minimum atomic E-state index is 0.198. The molecule has 2 heteroatoms. The lowest BCUT2D eigenvalue weighted by Gasteiger charge is -2.20. The Labute approximate surface area is 109 Å². The summed E-state index contributed by atoms with van der Waals surface area (Å²) in [7, 11) is 2.00. The second kappa shape index (κ2) is 4.99. The van der Waals surface area contributed by atoms with Crippen molar-refractivity contribution in [3.63, 3.8) is 0 Å². The van der Waals surface area contributed by atoms with Crippen molar-refractivity contribution in [3.8, 4) is 0 Å². The Hall–Kier alpha value is -1.54. The van der Waals surface area contributed by atoms with Gasteiger partial charge in [0.15, 0.2) is 0 Å². The van der Waals surface area contributed by atoms with Crippen molar-refractivity contribution in [1.29, 1.82) is 0 Å². The van der Waals surface area contributed by atoms with Crippen molar-refractivity contribution >= 4 is 0 Å². The number of furan rings is 1. The number of hydrogen-bond donors (Lipinski definition) is 1. The fourth-order valence-electron chi connectivity index (χ4n) is 2.68. The van der Waals surface area contributed by atoms with E-state index in [-0.39, 0.29) is 6.04 Å². The van der Waals surface area contributed by atoms with Gasteiger partial charge in [0, 0.05) is 5.56 Å². The van der Waals surface area contributed by atoms with Gasteiger partial charge in [-0.25, -0.2) is 0 Å². The van der Waals surface area contributed by atoms with Gasteiger partial charge in [-0.1, -0.05) is 18.2 Å². The van der Waals surface area contributed by atoms with Crippen LogP contribution in [-0.2, 0) is 0 Å². The molecule has 2 aromatic rings. The zero-order valence-corrected chi connectivity index (χ0v) is 11.8. The van der Waals surface area contributed by atoms with Crippen molar-refractivity contribution in [3.05, 3.63) is 58.0 Å². The van der Waals surface area contributed by atoms with Gasteiger partial charge in [0.25, 0.3) is 0 Å². The Morgan fingerprint density at radius 3 is 2.11 bits per heavy atom. The average Bonchev–Trinajstić information content (AvgIpc) is 2.63. The lowest BCUT2D eigenvalue weighted by molar-refractivity contribution is 0.496. The summed E-state index contributed by atoms with van der Waals surface area (Å²) in [4.78, 5) is 0. The van der Waals surface area contributed by atoms with Crippen LogP contribution in [0.5, 0.6) is 0 Å². The van der Waals surface area contributed by atoms with E-state index in [1.54, 1.807) is 0 Å². The van der Waals surface area contributed by atoms with E-state index in [1.165, 1.54) is 22.3 Å². The second-order valence-corrected chi connectivity index (χ2v) is 4.90. The van der Waals surface area contributed by atoms with Crippen LogP contribution in [0.4, 0.5) is 0 Å². The molecule has 0 amide bonds. The predicted octanol–water partition coefficient (Wildman–Crippen LogP) is 3.82. The molecular formula is C16H21NO. The van der Waals surface area contributed by atoms with Crippen molar-refractivity contribution in [2.75, 3.05) is 7.05 Å². The van der Waals surface area contributed by atoms with Gasteiger partial charge in [-0.15, -0.1) is 0 Å². The molecule has 0 saturated carbocycles. The fourth-order valence-corrected chi connectivity index (χ4v) is 2.68. The third-order valence-corrected chi connectivity index (χ3v) is 3.51. The van der Waals surface area contributed by atoms with E-state index in [1.807, 2.05) is 20.9 Å². The first kappa shape index (κ1) is 12.9.